The molecule has 0 unspecified atom stereocenters. The fraction of sp³-hybridized carbons (Fsp3) is 0.417. The van der Waals surface area contributed by atoms with Crippen molar-refractivity contribution in [2.45, 2.75) is 25.9 Å². The van der Waals surface area contributed by atoms with E-state index in [9.17, 15) is 18.0 Å². The molecular formula is C12H11ClF3NO. The van der Waals surface area contributed by atoms with E-state index in [1.165, 1.54) is 6.07 Å². The molecule has 0 aromatic heterocycles. The molecule has 1 aromatic carbocycles. The summed E-state index contributed by atoms with van der Waals surface area (Å²) in [5.74, 6) is -0.252. The summed E-state index contributed by atoms with van der Waals surface area (Å²) in [5.41, 5.74) is -1.26. The van der Waals surface area contributed by atoms with Crippen LogP contribution in [0.25, 0.3) is 0 Å². The van der Waals surface area contributed by atoms with Gasteiger partial charge in [-0.3, -0.25) is 4.79 Å². The number of alkyl halides is 3. The van der Waals surface area contributed by atoms with Crippen LogP contribution >= 0.6 is 11.6 Å². The highest BCUT2D eigenvalue weighted by molar-refractivity contribution is 6.31. The van der Waals surface area contributed by atoms with E-state index in [-0.39, 0.29) is 16.6 Å². The maximum atomic E-state index is 12.6. The zero-order valence-corrected chi connectivity index (χ0v) is 10.3. The number of rotatable bonds is 2. The maximum Gasteiger partial charge on any atom is 0.417 e. The van der Waals surface area contributed by atoms with Gasteiger partial charge in [0, 0.05) is 11.1 Å². The topological polar surface area (TPSA) is 29.1 Å². The average molecular weight is 278 g/mol. The van der Waals surface area contributed by atoms with Gasteiger partial charge in [-0.1, -0.05) is 18.5 Å². The summed E-state index contributed by atoms with van der Waals surface area (Å²) in [5, 5.41) is 2.11. The van der Waals surface area contributed by atoms with E-state index in [2.05, 4.69) is 5.32 Å². The second-order valence-corrected chi connectivity index (χ2v) is 5.11. The third-order valence-electron chi connectivity index (χ3n) is 3.08. The standard InChI is InChI=1S/C12H11ClF3NO/c1-11(4-5-11)10(18)17-7-2-3-9(13)8(6-7)12(14,15)16/h2-3,6H,4-5H2,1H3,(H,17,18). The van der Waals surface area contributed by atoms with Gasteiger partial charge in [0.2, 0.25) is 5.91 Å². The van der Waals surface area contributed by atoms with Gasteiger partial charge in [-0.05, 0) is 31.0 Å². The van der Waals surface area contributed by atoms with Crippen LogP contribution in [0.2, 0.25) is 5.02 Å². The predicted octanol–water partition coefficient (Wildman–Crippen LogP) is 4.10. The van der Waals surface area contributed by atoms with Gasteiger partial charge in [0.25, 0.3) is 0 Å². The van der Waals surface area contributed by atoms with Crippen LogP contribution in [0.1, 0.15) is 25.3 Å². The van der Waals surface area contributed by atoms with Crippen LogP contribution in [0, 0.1) is 5.41 Å². The predicted molar refractivity (Wildman–Crippen MR) is 62.4 cm³/mol. The maximum absolute atomic E-state index is 12.6. The van der Waals surface area contributed by atoms with Gasteiger partial charge in [0.15, 0.2) is 0 Å². The van der Waals surface area contributed by atoms with Crippen molar-refractivity contribution in [3.05, 3.63) is 28.8 Å². The van der Waals surface area contributed by atoms with Crippen molar-refractivity contribution in [1.29, 1.82) is 0 Å². The van der Waals surface area contributed by atoms with E-state index >= 15 is 0 Å². The number of nitrogens with one attached hydrogen (secondary N) is 1. The normalized spacial score (nSPS) is 17.4. The van der Waals surface area contributed by atoms with Crippen LogP contribution in [0.5, 0.6) is 0 Å². The SMILES string of the molecule is CC1(C(=O)Nc2ccc(Cl)c(C(F)(F)F)c2)CC1. The Balaban J connectivity index is 2.22. The van der Waals surface area contributed by atoms with Crippen LogP contribution in [0.4, 0.5) is 18.9 Å². The molecule has 18 heavy (non-hydrogen) atoms. The zero-order valence-electron chi connectivity index (χ0n) is 9.57. The molecule has 2 rings (SSSR count). The third kappa shape index (κ3) is 2.61. The van der Waals surface area contributed by atoms with Crippen molar-refractivity contribution in [2.24, 2.45) is 5.41 Å². The molecule has 1 amide bonds. The molecular weight excluding hydrogens is 267 g/mol. The molecule has 2 nitrogen and oxygen atoms in total. The number of amides is 1. The summed E-state index contributed by atoms with van der Waals surface area (Å²) in [4.78, 5) is 11.7. The second-order valence-electron chi connectivity index (χ2n) is 4.71. The molecule has 6 heteroatoms. The Morgan fingerprint density at radius 2 is 2.00 bits per heavy atom. The smallest absolute Gasteiger partial charge is 0.326 e. The molecule has 98 valence electrons. The highest BCUT2D eigenvalue weighted by atomic mass is 35.5. The van der Waals surface area contributed by atoms with E-state index in [0.717, 1.165) is 25.0 Å². The van der Waals surface area contributed by atoms with Crippen molar-refractivity contribution in [3.63, 3.8) is 0 Å². The Hall–Kier alpha value is -1.23. The molecule has 0 spiro atoms. The van der Waals surface area contributed by atoms with Crippen LogP contribution in [-0.2, 0) is 11.0 Å². The molecule has 0 aliphatic heterocycles. The lowest BCUT2D eigenvalue weighted by molar-refractivity contribution is -0.137. The minimum absolute atomic E-state index is 0.116. The molecule has 1 N–H and O–H groups in total. The summed E-state index contributed by atoms with van der Waals surface area (Å²) in [6, 6.07) is 3.35. The number of halogens is 4. The van der Waals surface area contributed by atoms with E-state index in [1.54, 1.807) is 6.92 Å². The first-order valence-corrected chi connectivity index (χ1v) is 5.78. The Kier molecular flexibility index (Phi) is 3.05. The van der Waals surface area contributed by atoms with Crippen LogP contribution in [-0.4, -0.2) is 5.91 Å². The van der Waals surface area contributed by atoms with Gasteiger partial charge >= 0.3 is 6.18 Å². The minimum Gasteiger partial charge on any atom is -0.326 e. The van der Waals surface area contributed by atoms with Crippen molar-refractivity contribution >= 4 is 23.2 Å². The molecule has 1 fully saturated rings. The molecule has 0 atom stereocenters. The number of anilines is 1. The first kappa shape index (κ1) is 13.2. The largest absolute Gasteiger partial charge is 0.417 e. The van der Waals surface area contributed by atoms with Crippen molar-refractivity contribution in [3.8, 4) is 0 Å². The first-order valence-electron chi connectivity index (χ1n) is 5.41. The zero-order chi connectivity index (χ0) is 13.6. The fourth-order valence-electron chi connectivity index (χ4n) is 1.52. The number of hydrogen-bond donors (Lipinski definition) is 1. The van der Waals surface area contributed by atoms with Crippen molar-refractivity contribution < 1.29 is 18.0 Å². The lowest BCUT2D eigenvalue weighted by Gasteiger charge is -2.13. The van der Waals surface area contributed by atoms with Gasteiger partial charge in [0.1, 0.15) is 0 Å². The molecule has 1 aliphatic carbocycles. The van der Waals surface area contributed by atoms with Gasteiger partial charge < -0.3 is 5.32 Å². The molecule has 1 saturated carbocycles. The second kappa shape index (κ2) is 4.16. The first-order chi connectivity index (χ1) is 8.22. The Labute approximate surface area is 107 Å². The van der Waals surface area contributed by atoms with Crippen LogP contribution in [0.15, 0.2) is 18.2 Å². The van der Waals surface area contributed by atoms with Gasteiger partial charge in [-0.15, -0.1) is 0 Å². The molecule has 0 bridgehead atoms. The van der Waals surface area contributed by atoms with E-state index in [0.29, 0.717) is 0 Å². The van der Waals surface area contributed by atoms with E-state index in [4.69, 9.17) is 11.6 Å². The molecule has 0 heterocycles. The molecule has 0 radical (unpaired) electrons. The quantitative estimate of drug-likeness (QED) is 0.866. The number of carbonyl (C=O) groups is 1. The number of hydrogen-bond acceptors (Lipinski definition) is 1. The lowest BCUT2D eigenvalue weighted by Crippen LogP contribution is -2.21. The molecule has 0 saturated heterocycles. The number of carbonyl (C=O) groups excluding carboxylic acids is 1. The van der Waals surface area contributed by atoms with Gasteiger partial charge in [-0.2, -0.15) is 13.2 Å². The summed E-state index contributed by atoms with van der Waals surface area (Å²) in [6.07, 6.45) is -3.00. The number of benzene rings is 1. The Morgan fingerprint density at radius 1 is 1.39 bits per heavy atom. The van der Waals surface area contributed by atoms with Crippen molar-refractivity contribution in [2.75, 3.05) is 5.32 Å². The van der Waals surface area contributed by atoms with E-state index in [1.807, 2.05) is 0 Å². The Morgan fingerprint density at radius 3 is 2.50 bits per heavy atom. The Bertz CT molecular complexity index is 495. The summed E-state index contributed by atoms with van der Waals surface area (Å²) in [6.45, 7) is 1.78. The summed E-state index contributed by atoms with van der Waals surface area (Å²) < 4.78 is 37.8. The van der Waals surface area contributed by atoms with Crippen LogP contribution < -0.4 is 5.32 Å². The van der Waals surface area contributed by atoms with Crippen LogP contribution in [0.3, 0.4) is 0 Å². The van der Waals surface area contributed by atoms with E-state index < -0.39 is 17.2 Å². The summed E-state index contributed by atoms with van der Waals surface area (Å²) in [7, 11) is 0. The molecule has 1 aliphatic rings. The average Bonchev–Trinajstić information content (AvgIpc) is 2.99. The monoisotopic (exact) mass is 277 g/mol. The minimum atomic E-state index is -4.53. The highest BCUT2D eigenvalue weighted by Crippen LogP contribution is 2.46. The summed E-state index contributed by atoms with van der Waals surface area (Å²) >= 11 is 5.49. The fourth-order valence-corrected chi connectivity index (χ4v) is 1.74. The highest BCUT2D eigenvalue weighted by Gasteiger charge is 2.45. The van der Waals surface area contributed by atoms with Gasteiger partial charge in [-0.25, -0.2) is 0 Å². The third-order valence-corrected chi connectivity index (χ3v) is 3.41. The molecule has 1 aromatic rings. The van der Waals surface area contributed by atoms with Gasteiger partial charge in [0.05, 0.1) is 10.6 Å². The lowest BCUT2D eigenvalue weighted by atomic mass is 10.1. The van der Waals surface area contributed by atoms with Crippen molar-refractivity contribution in [1.82, 2.24) is 0 Å².